The Morgan fingerprint density at radius 1 is 1.47 bits per heavy atom. The molecular weight excluding hydrogens is 304 g/mol. The van der Waals surface area contributed by atoms with Gasteiger partial charge in [-0.05, 0) is 37.4 Å². The molecule has 2 rings (SSSR count). The van der Waals surface area contributed by atoms with E-state index in [0.717, 1.165) is 30.4 Å². The molecule has 1 atom stereocenters. The van der Waals surface area contributed by atoms with Gasteiger partial charge in [0.25, 0.3) is 0 Å². The van der Waals surface area contributed by atoms with Gasteiger partial charge in [0.05, 0.1) is 0 Å². The van der Waals surface area contributed by atoms with Crippen molar-refractivity contribution in [3.05, 3.63) is 34.3 Å². The van der Waals surface area contributed by atoms with Gasteiger partial charge in [-0.1, -0.05) is 34.1 Å². The topological polar surface area (TPSA) is 32.3 Å². The van der Waals surface area contributed by atoms with Crippen molar-refractivity contribution in [3.63, 3.8) is 0 Å². The maximum atomic E-state index is 12.1. The smallest absolute Gasteiger partial charge is 0.223 e. The minimum Gasteiger partial charge on any atom is -0.345 e. The molecule has 0 bridgehead atoms. The summed E-state index contributed by atoms with van der Waals surface area (Å²) in [5, 5.41) is 3.37. The van der Waals surface area contributed by atoms with E-state index in [9.17, 15) is 4.79 Å². The van der Waals surface area contributed by atoms with Gasteiger partial charge >= 0.3 is 0 Å². The number of likely N-dealkylation sites (N-methyl/N-ethyl adjacent to an activating group) is 1. The van der Waals surface area contributed by atoms with E-state index in [-0.39, 0.29) is 5.91 Å². The predicted octanol–water partition coefficient (Wildman–Crippen LogP) is 2.59. The summed E-state index contributed by atoms with van der Waals surface area (Å²) >= 11 is 3.54. The van der Waals surface area contributed by atoms with Crippen LogP contribution in [0.2, 0.25) is 0 Å². The first-order chi connectivity index (χ1) is 9.16. The fraction of sp³-hybridized carbons (Fsp3) is 0.533. The Balaban J connectivity index is 1.78. The fourth-order valence-corrected chi connectivity index (χ4v) is 2.89. The van der Waals surface area contributed by atoms with Crippen molar-refractivity contribution in [1.29, 1.82) is 0 Å². The molecular formula is C15H21BrN2O. The summed E-state index contributed by atoms with van der Waals surface area (Å²) in [5.41, 5.74) is 1.25. The highest BCUT2D eigenvalue weighted by atomic mass is 79.9. The average Bonchev–Trinajstić information content (AvgIpc) is 2.90. The standard InChI is InChI=1S/C15H21BrN2O/c1-18(15(19)11-13-6-4-9-17-13)10-8-12-5-2-3-7-14(12)16/h2-3,5,7,13,17H,4,6,8-11H2,1H3. The number of benzene rings is 1. The monoisotopic (exact) mass is 324 g/mol. The fourth-order valence-electron chi connectivity index (χ4n) is 2.41. The van der Waals surface area contributed by atoms with E-state index in [2.05, 4.69) is 27.3 Å². The maximum Gasteiger partial charge on any atom is 0.223 e. The van der Waals surface area contributed by atoms with Crippen LogP contribution in [-0.4, -0.2) is 37.0 Å². The molecule has 0 radical (unpaired) electrons. The van der Waals surface area contributed by atoms with Crippen LogP contribution in [0, 0.1) is 0 Å². The molecule has 1 heterocycles. The number of halogens is 1. The predicted molar refractivity (Wildman–Crippen MR) is 81.1 cm³/mol. The number of amides is 1. The summed E-state index contributed by atoms with van der Waals surface area (Å²) in [5.74, 6) is 0.242. The first-order valence-electron chi connectivity index (χ1n) is 6.87. The molecule has 1 N–H and O–H groups in total. The molecule has 3 nitrogen and oxygen atoms in total. The van der Waals surface area contributed by atoms with Crippen LogP contribution in [0.25, 0.3) is 0 Å². The van der Waals surface area contributed by atoms with Gasteiger partial charge in [0, 0.05) is 30.5 Å². The molecule has 0 saturated carbocycles. The third-order valence-corrected chi connectivity index (χ3v) is 4.46. The second kappa shape index (κ2) is 7.06. The Hall–Kier alpha value is -0.870. The Kier molecular flexibility index (Phi) is 5.40. The van der Waals surface area contributed by atoms with Crippen molar-refractivity contribution in [3.8, 4) is 0 Å². The van der Waals surface area contributed by atoms with Crippen LogP contribution in [0.4, 0.5) is 0 Å². The molecule has 1 saturated heterocycles. The van der Waals surface area contributed by atoms with Crippen LogP contribution in [0.15, 0.2) is 28.7 Å². The molecule has 0 aliphatic carbocycles. The van der Waals surface area contributed by atoms with E-state index in [4.69, 9.17) is 0 Å². The van der Waals surface area contributed by atoms with Crippen LogP contribution in [-0.2, 0) is 11.2 Å². The number of nitrogens with one attached hydrogen (secondary N) is 1. The van der Waals surface area contributed by atoms with Crippen LogP contribution < -0.4 is 5.32 Å². The third-order valence-electron chi connectivity index (χ3n) is 3.68. The molecule has 0 aromatic heterocycles. The van der Waals surface area contributed by atoms with Crippen LogP contribution in [0.1, 0.15) is 24.8 Å². The summed E-state index contributed by atoms with van der Waals surface area (Å²) in [4.78, 5) is 13.9. The van der Waals surface area contributed by atoms with Crippen molar-refractivity contribution in [2.45, 2.75) is 31.7 Å². The summed E-state index contributed by atoms with van der Waals surface area (Å²) in [6.07, 6.45) is 3.84. The lowest BCUT2D eigenvalue weighted by molar-refractivity contribution is -0.130. The molecule has 1 aliphatic heterocycles. The molecule has 104 valence electrons. The summed E-state index contributed by atoms with van der Waals surface area (Å²) in [6, 6.07) is 8.57. The van der Waals surface area contributed by atoms with Gasteiger partial charge in [-0.25, -0.2) is 0 Å². The molecule has 19 heavy (non-hydrogen) atoms. The van der Waals surface area contributed by atoms with Crippen molar-refractivity contribution < 1.29 is 4.79 Å². The summed E-state index contributed by atoms with van der Waals surface area (Å²) in [6.45, 7) is 1.83. The van der Waals surface area contributed by atoms with E-state index in [1.54, 1.807) is 0 Å². The van der Waals surface area contributed by atoms with Crippen molar-refractivity contribution in [1.82, 2.24) is 10.2 Å². The van der Waals surface area contributed by atoms with E-state index < -0.39 is 0 Å². The van der Waals surface area contributed by atoms with Crippen molar-refractivity contribution in [2.24, 2.45) is 0 Å². The molecule has 1 aromatic carbocycles. The number of hydrogen-bond donors (Lipinski definition) is 1. The molecule has 4 heteroatoms. The number of nitrogens with zero attached hydrogens (tertiary/aromatic N) is 1. The summed E-state index contributed by atoms with van der Waals surface area (Å²) < 4.78 is 1.12. The van der Waals surface area contributed by atoms with E-state index in [0.29, 0.717) is 12.5 Å². The minimum absolute atomic E-state index is 0.242. The number of rotatable bonds is 5. The second-order valence-corrected chi connectivity index (χ2v) is 6.01. The highest BCUT2D eigenvalue weighted by Gasteiger charge is 2.19. The normalized spacial score (nSPS) is 18.5. The molecule has 1 fully saturated rings. The van der Waals surface area contributed by atoms with Gasteiger partial charge < -0.3 is 10.2 Å². The van der Waals surface area contributed by atoms with Crippen LogP contribution in [0.5, 0.6) is 0 Å². The minimum atomic E-state index is 0.242. The van der Waals surface area contributed by atoms with Gasteiger partial charge in [0.1, 0.15) is 0 Å². The SMILES string of the molecule is CN(CCc1ccccc1Br)C(=O)CC1CCCN1. The first-order valence-corrected chi connectivity index (χ1v) is 7.67. The molecule has 1 aromatic rings. The lowest BCUT2D eigenvalue weighted by Crippen LogP contribution is -2.34. The lowest BCUT2D eigenvalue weighted by atomic mass is 10.1. The zero-order valence-corrected chi connectivity index (χ0v) is 12.9. The zero-order valence-electron chi connectivity index (χ0n) is 11.4. The maximum absolute atomic E-state index is 12.1. The highest BCUT2D eigenvalue weighted by molar-refractivity contribution is 9.10. The van der Waals surface area contributed by atoms with E-state index in [1.165, 1.54) is 12.0 Å². The van der Waals surface area contributed by atoms with Crippen LogP contribution >= 0.6 is 15.9 Å². The number of carbonyl (C=O) groups is 1. The van der Waals surface area contributed by atoms with Gasteiger partial charge in [-0.3, -0.25) is 4.79 Å². The average molecular weight is 325 g/mol. The Labute approximate surface area is 123 Å². The van der Waals surface area contributed by atoms with Gasteiger partial charge in [-0.15, -0.1) is 0 Å². The van der Waals surface area contributed by atoms with Crippen molar-refractivity contribution >= 4 is 21.8 Å². The summed E-state index contributed by atoms with van der Waals surface area (Å²) in [7, 11) is 1.90. The third kappa shape index (κ3) is 4.32. The Bertz CT molecular complexity index is 430. The molecule has 1 unspecified atom stereocenters. The largest absolute Gasteiger partial charge is 0.345 e. The van der Waals surface area contributed by atoms with Gasteiger partial charge in [-0.2, -0.15) is 0 Å². The van der Waals surface area contributed by atoms with Crippen molar-refractivity contribution in [2.75, 3.05) is 20.1 Å². The quantitative estimate of drug-likeness (QED) is 0.902. The second-order valence-electron chi connectivity index (χ2n) is 5.15. The zero-order chi connectivity index (χ0) is 13.7. The van der Waals surface area contributed by atoms with E-state index in [1.807, 2.05) is 30.1 Å². The highest BCUT2D eigenvalue weighted by Crippen LogP contribution is 2.17. The Morgan fingerprint density at radius 3 is 2.95 bits per heavy atom. The lowest BCUT2D eigenvalue weighted by Gasteiger charge is -2.19. The van der Waals surface area contributed by atoms with Crippen LogP contribution in [0.3, 0.4) is 0 Å². The van der Waals surface area contributed by atoms with E-state index >= 15 is 0 Å². The van der Waals surface area contributed by atoms with Gasteiger partial charge in [0.15, 0.2) is 0 Å². The molecule has 1 aliphatic rings. The number of carbonyl (C=O) groups excluding carboxylic acids is 1. The Morgan fingerprint density at radius 2 is 2.26 bits per heavy atom. The van der Waals surface area contributed by atoms with Gasteiger partial charge in [0.2, 0.25) is 5.91 Å². The molecule has 0 spiro atoms. The molecule has 1 amide bonds. The number of hydrogen-bond acceptors (Lipinski definition) is 2. The first kappa shape index (κ1) is 14.5.